The molecule has 0 aliphatic carbocycles. The first kappa shape index (κ1) is 15.5. The van der Waals surface area contributed by atoms with Gasteiger partial charge in [0.2, 0.25) is 0 Å². The van der Waals surface area contributed by atoms with Crippen LogP contribution in [0.15, 0.2) is 30.3 Å². The molecule has 0 bridgehead atoms. The molecule has 0 unspecified atom stereocenters. The Bertz CT molecular complexity index is 636. The third-order valence-corrected chi connectivity index (χ3v) is 3.44. The Morgan fingerprint density at radius 2 is 2.10 bits per heavy atom. The highest BCUT2D eigenvalue weighted by Crippen LogP contribution is 2.26. The Kier molecular flexibility index (Phi) is 4.98. The predicted molar refractivity (Wildman–Crippen MR) is 84.5 cm³/mol. The quantitative estimate of drug-likeness (QED) is 0.919. The molecule has 0 radical (unpaired) electrons. The molecule has 112 valence electrons. The second-order valence-corrected chi connectivity index (χ2v) is 5.48. The van der Waals surface area contributed by atoms with Gasteiger partial charge in [-0.25, -0.2) is 0 Å². The van der Waals surface area contributed by atoms with Crippen molar-refractivity contribution in [1.29, 1.82) is 0 Å². The van der Waals surface area contributed by atoms with E-state index in [0.29, 0.717) is 23.0 Å². The molecule has 2 rings (SSSR count). The van der Waals surface area contributed by atoms with Crippen molar-refractivity contribution in [1.82, 2.24) is 20.0 Å². The average Bonchev–Trinajstić information content (AvgIpc) is 2.80. The Labute approximate surface area is 129 Å². The highest BCUT2D eigenvalue weighted by molar-refractivity contribution is 6.33. The summed E-state index contributed by atoms with van der Waals surface area (Å²) in [7, 11) is 5.68. The molecule has 2 aromatic rings. The lowest BCUT2D eigenvalue weighted by Gasteiger charge is -2.10. The third-order valence-electron chi connectivity index (χ3n) is 3.11. The van der Waals surface area contributed by atoms with Gasteiger partial charge < -0.3 is 10.2 Å². The van der Waals surface area contributed by atoms with Crippen molar-refractivity contribution in [3.8, 4) is 11.3 Å². The highest BCUT2D eigenvalue weighted by atomic mass is 35.5. The van der Waals surface area contributed by atoms with Crippen molar-refractivity contribution in [2.75, 3.05) is 27.2 Å². The molecular weight excluding hydrogens is 288 g/mol. The summed E-state index contributed by atoms with van der Waals surface area (Å²) >= 11 is 6.16. The summed E-state index contributed by atoms with van der Waals surface area (Å²) in [6.07, 6.45) is 0. The van der Waals surface area contributed by atoms with Gasteiger partial charge in [0.1, 0.15) is 5.69 Å². The standard InChI is InChI=1S/C15H19ClN4O/c1-19(2)9-8-17-15(21)14-10-13(18-20(14)3)11-6-4-5-7-12(11)16/h4-7,10H,8-9H2,1-3H3,(H,17,21). The molecule has 1 N–H and O–H groups in total. The largest absolute Gasteiger partial charge is 0.349 e. The van der Waals surface area contributed by atoms with Gasteiger partial charge in [0, 0.05) is 25.7 Å². The van der Waals surface area contributed by atoms with Crippen LogP contribution in [0.3, 0.4) is 0 Å². The summed E-state index contributed by atoms with van der Waals surface area (Å²) in [5, 5.41) is 7.86. The first-order valence-electron chi connectivity index (χ1n) is 6.71. The van der Waals surface area contributed by atoms with Gasteiger partial charge in [-0.15, -0.1) is 0 Å². The van der Waals surface area contributed by atoms with Crippen molar-refractivity contribution in [3.05, 3.63) is 41.0 Å². The Balaban J connectivity index is 2.16. The molecule has 0 saturated heterocycles. The van der Waals surface area contributed by atoms with E-state index in [1.807, 2.05) is 43.3 Å². The zero-order valence-corrected chi connectivity index (χ0v) is 13.2. The van der Waals surface area contributed by atoms with Crippen LogP contribution < -0.4 is 5.32 Å². The number of amides is 1. The van der Waals surface area contributed by atoms with Crippen molar-refractivity contribution >= 4 is 17.5 Å². The van der Waals surface area contributed by atoms with Gasteiger partial charge in [-0.3, -0.25) is 9.48 Å². The minimum Gasteiger partial charge on any atom is -0.349 e. The fourth-order valence-corrected chi connectivity index (χ4v) is 2.20. The average molecular weight is 307 g/mol. The van der Waals surface area contributed by atoms with Crippen LogP contribution in [-0.2, 0) is 7.05 Å². The topological polar surface area (TPSA) is 50.2 Å². The van der Waals surface area contributed by atoms with Crippen LogP contribution in [0.1, 0.15) is 10.5 Å². The monoisotopic (exact) mass is 306 g/mol. The van der Waals surface area contributed by atoms with Gasteiger partial charge in [0.25, 0.3) is 5.91 Å². The van der Waals surface area contributed by atoms with E-state index in [1.165, 1.54) is 0 Å². The maximum absolute atomic E-state index is 12.2. The molecule has 0 fully saturated rings. The number of likely N-dealkylation sites (N-methyl/N-ethyl adjacent to an activating group) is 1. The molecule has 1 amide bonds. The first-order chi connectivity index (χ1) is 9.99. The summed E-state index contributed by atoms with van der Waals surface area (Å²) in [5.41, 5.74) is 2.03. The number of nitrogens with one attached hydrogen (secondary N) is 1. The fourth-order valence-electron chi connectivity index (χ4n) is 1.96. The number of aryl methyl sites for hydroxylation is 1. The van der Waals surface area contributed by atoms with Crippen LogP contribution in [0.2, 0.25) is 5.02 Å². The van der Waals surface area contributed by atoms with E-state index in [1.54, 1.807) is 17.8 Å². The second-order valence-electron chi connectivity index (χ2n) is 5.08. The number of nitrogens with zero attached hydrogens (tertiary/aromatic N) is 3. The second kappa shape index (κ2) is 6.74. The van der Waals surface area contributed by atoms with Crippen molar-refractivity contribution in [2.45, 2.75) is 0 Å². The number of hydrogen-bond donors (Lipinski definition) is 1. The summed E-state index contributed by atoms with van der Waals surface area (Å²) < 4.78 is 1.57. The number of rotatable bonds is 5. The van der Waals surface area contributed by atoms with Gasteiger partial charge in [-0.1, -0.05) is 29.8 Å². The van der Waals surface area contributed by atoms with Gasteiger partial charge in [0.05, 0.1) is 10.7 Å². The van der Waals surface area contributed by atoms with Crippen LogP contribution >= 0.6 is 11.6 Å². The van der Waals surface area contributed by atoms with Crippen LogP contribution in [0, 0.1) is 0 Å². The summed E-state index contributed by atoms with van der Waals surface area (Å²) in [6, 6.07) is 9.21. The number of halogens is 1. The number of carbonyl (C=O) groups excluding carboxylic acids is 1. The number of carbonyl (C=O) groups is 1. The minimum absolute atomic E-state index is 0.134. The number of benzene rings is 1. The molecule has 1 aromatic carbocycles. The minimum atomic E-state index is -0.134. The fraction of sp³-hybridized carbons (Fsp3) is 0.333. The maximum Gasteiger partial charge on any atom is 0.269 e. The van der Waals surface area contributed by atoms with Crippen molar-refractivity contribution in [3.63, 3.8) is 0 Å². The van der Waals surface area contributed by atoms with Gasteiger partial charge in [-0.2, -0.15) is 5.10 Å². The Morgan fingerprint density at radius 3 is 2.76 bits per heavy atom. The normalized spacial score (nSPS) is 10.9. The van der Waals surface area contributed by atoms with E-state index >= 15 is 0 Å². The molecule has 0 spiro atoms. The lowest BCUT2D eigenvalue weighted by molar-refractivity contribution is 0.0941. The van der Waals surface area contributed by atoms with Gasteiger partial charge in [0.15, 0.2) is 0 Å². The SMILES string of the molecule is CN(C)CCNC(=O)c1cc(-c2ccccc2Cl)nn1C. The van der Waals surface area contributed by atoms with Crippen LogP contribution in [-0.4, -0.2) is 47.8 Å². The zero-order chi connectivity index (χ0) is 15.4. The molecule has 5 nitrogen and oxygen atoms in total. The van der Waals surface area contributed by atoms with E-state index < -0.39 is 0 Å². The molecule has 1 aromatic heterocycles. The van der Waals surface area contributed by atoms with Crippen molar-refractivity contribution < 1.29 is 4.79 Å². The Morgan fingerprint density at radius 1 is 1.38 bits per heavy atom. The van der Waals surface area contributed by atoms with E-state index in [9.17, 15) is 4.79 Å². The lowest BCUT2D eigenvalue weighted by Crippen LogP contribution is -2.32. The van der Waals surface area contributed by atoms with Crippen LogP contribution in [0.5, 0.6) is 0 Å². The maximum atomic E-state index is 12.2. The third kappa shape index (κ3) is 3.83. The van der Waals surface area contributed by atoms with Gasteiger partial charge in [-0.05, 0) is 26.2 Å². The predicted octanol–water partition coefficient (Wildman–Crippen LogP) is 2.03. The lowest BCUT2D eigenvalue weighted by atomic mass is 10.1. The van der Waals surface area contributed by atoms with Crippen LogP contribution in [0.25, 0.3) is 11.3 Å². The Hall–Kier alpha value is -1.85. The zero-order valence-electron chi connectivity index (χ0n) is 12.4. The van der Waals surface area contributed by atoms with Crippen LogP contribution in [0.4, 0.5) is 0 Å². The summed E-state index contributed by atoms with van der Waals surface area (Å²) in [6.45, 7) is 1.39. The molecule has 0 aliphatic heterocycles. The van der Waals surface area contributed by atoms with E-state index in [0.717, 1.165) is 12.1 Å². The smallest absolute Gasteiger partial charge is 0.269 e. The summed E-state index contributed by atoms with van der Waals surface area (Å²) in [4.78, 5) is 14.2. The van der Waals surface area contributed by atoms with E-state index in [-0.39, 0.29) is 5.91 Å². The van der Waals surface area contributed by atoms with E-state index in [4.69, 9.17) is 11.6 Å². The molecule has 0 atom stereocenters. The molecule has 0 aliphatic rings. The summed E-state index contributed by atoms with van der Waals surface area (Å²) in [5.74, 6) is -0.134. The molecule has 1 heterocycles. The first-order valence-corrected chi connectivity index (χ1v) is 7.08. The van der Waals surface area contributed by atoms with Crippen molar-refractivity contribution in [2.24, 2.45) is 7.05 Å². The highest BCUT2D eigenvalue weighted by Gasteiger charge is 2.15. The molecule has 0 saturated carbocycles. The van der Waals surface area contributed by atoms with Gasteiger partial charge >= 0.3 is 0 Å². The molecule has 6 heteroatoms. The van der Waals surface area contributed by atoms with E-state index in [2.05, 4.69) is 10.4 Å². The molecule has 21 heavy (non-hydrogen) atoms. The molecular formula is C15H19ClN4O. The number of aromatic nitrogens is 2. The number of hydrogen-bond acceptors (Lipinski definition) is 3.